The molecule has 1 heterocycles. The Labute approximate surface area is 83.9 Å². The zero-order valence-electron chi connectivity index (χ0n) is 8.33. The van der Waals surface area contributed by atoms with Gasteiger partial charge in [-0.15, -0.1) is 0 Å². The van der Waals surface area contributed by atoms with Crippen molar-refractivity contribution < 1.29 is 4.79 Å². The maximum atomic E-state index is 11.8. The number of carbonyl (C=O) groups is 1. The molecule has 0 radical (unpaired) electrons. The van der Waals surface area contributed by atoms with E-state index in [9.17, 15) is 4.79 Å². The molecule has 1 N–H and O–H groups in total. The predicted molar refractivity (Wildman–Crippen MR) is 53.9 cm³/mol. The van der Waals surface area contributed by atoms with Gasteiger partial charge in [-0.25, -0.2) is 4.98 Å². The Morgan fingerprint density at radius 1 is 1.43 bits per heavy atom. The second kappa shape index (κ2) is 4.40. The van der Waals surface area contributed by atoms with Gasteiger partial charge >= 0.3 is 0 Å². The fraction of sp³-hybridized carbons (Fsp3) is 0.636. The Hall–Kier alpha value is -1.12. The van der Waals surface area contributed by atoms with Crippen LogP contribution in [0.3, 0.4) is 0 Å². The molecule has 0 saturated heterocycles. The zero-order chi connectivity index (χ0) is 9.80. The summed E-state index contributed by atoms with van der Waals surface area (Å²) in [5, 5.41) is 0. The third-order valence-corrected chi connectivity index (χ3v) is 2.96. The monoisotopic (exact) mass is 192 g/mol. The van der Waals surface area contributed by atoms with E-state index in [2.05, 4.69) is 9.97 Å². The first-order valence-electron chi connectivity index (χ1n) is 5.37. The summed E-state index contributed by atoms with van der Waals surface area (Å²) in [6, 6.07) is 0. The van der Waals surface area contributed by atoms with E-state index in [-0.39, 0.29) is 0 Å². The molecule has 0 aliphatic heterocycles. The van der Waals surface area contributed by atoms with Crippen molar-refractivity contribution in [3.05, 3.63) is 18.2 Å². The molecule has 14 heavy (non-hydrogen) atoms. The summed E-state index contributed by atoms with van der Waals surface area (Å²) in [5.74, 6) is 1.47. The van der Waals surface area contributed by atoms with Gasteiger partial charge in [0.05, 0.1) is 6.42 Å². The topological polar surface area (TPSA) is 45.8 Å². The summed E-state index contributed by atoms with van der Waals surface area (Å²) in [4.78, 5) is 18.9. The first-order chi connectivity index (χ1) is 6.86. The number of nitrogens with zero attached hydrogens (tertiary/aromatic N) is 1. The molecule has 76 valence electrons. The number of nitrogens with one attached hydrogen (secondary N) is 1. The largest absolute Gasteiger partial charge is 0.348 e. The molecule has 1 aliphatic rings. The van der Waals surface area contributed by atoms with Gasteiger partial charge in [-0.1, -0.05) is 19.3 Å². The molecule has 0 unspecified atom stereocenters. The molecule has 0 aromatic carbocycles. The minimum atomic E-state index is 0.300. The van der Waals surface area contributed by atoms with E-state index in [0.29, 0.717) is 18.1 Å². The number of imidazole rings is 1. The minimum absolute atomic E-state index is 0.300. The molecule has 3 nitrogen and oxygen atoms in total. The Morgan fingerprint density at radius 2 is 2.21 bits per heavy atom. The lowest BCUT2D eigenvalue weighted by Crippen LogP contribution is -2.20. The van der Waals surface area contributed by atoms with Crippen LogP contribution < -0.4 is 0 Å². The molecular formula is C11H16N2O. The number of aromatic nitrogens is 2. The van der Waals surface area contributed by atoms with E-state index < -0.39 is 0 Å². The molecular weight excluding hydrogens is 176 g/mol. The normalized spacial score (nSPS) is 18.3. The Bertz CT molecular complexity index is 286. The molecule has 2 rings (SSSR count). The summed E-state index contributed by atoms with van der Waals surface area (Å²) >= 11 is 0. The highest BCUT2D eigenvalue weighted by molar-refractivity contribution is 5.82. The first-order valence-corrected chi connectivity index (χ1v) is 5.37. The molecule has 1 aliphatic carbocycles. The van der Waals surface area contributed by atoms with Gasteiger partial charge in [0.1, 0.15) is 11.6 Å². The third kappa shape index (κ3) is 2.22. The van der Waals surface area contributed by atoms with Gasteiger partial charge in [-0.05, 0) is 12.8 Å². The lowest BCUT2D eigenvalue weighted by molar-refractivity contribution is -0.123. The van der Waals surface area contributed by atoms with Crippen molar-refractivity contribution in [3.63, 3.8) is 0 Å². The molecule has 0 amide bonds. The van der Waals surface area contributed by atoms with Crippen molar-refractivity contribution in [2.75, 3.05) is 0 Å². The van der Waals surface area contributed by atoms with Gasteiger partial charge in [0, 0.05) is 18.3 Å². The van der Waals surface area contributed by atoms with Crippen molar-refractivity contribution in [1.82, 2.24) is 9.97 Å². The van der Waals surface area contributed by atoms with E-state index in [1.54, 1.807) is 12.4 Å². The van der Waals surface area contributed by atoms with Crippen molar-refractivity contribution in [2.45, 2.75) is 38.5 Å². The maximum absolute atomic E-state index is 11.8. The van der Waals surface area contributed by atoms with Gasteiger partial charge in [0.25, 0.3) is 0 Å². The number of carbonyl (C=O) groups excluding carboxylic acids is 1. The van der Waals surface area contributed by atoms with Crippen molar-refractivity contribution in [2.24, 2.45) is 5.92 Å². The Balaban J connectivity index is 1.88. The second-order valence-electron chi connectivity index (χ2n) is 4.01. The molecule has 1 aromatic rings. The van der Waals surface area contributed by atoms with Gasteiger partial charge in [0.2, 0.25) is 0 Å². The van der Waals surface area contributed by atoms with Crippen LogP contribution in [-0.4, -0.2) is 15.8 Å². The highest BCUT2D eigenvalue weighted by Crippen LogP contribution is 2.24. The molecule has 0 atom stereocenters. The van der Waals surface area contributed by atoms with Crippen molar-refractivity contribution in [1.29, 1.82) is 0 Å². The average Bonchev–Trinajstić information content (AvgIpc) is 2.72. The van der Waals surface area contributed by atoms with Gasteiger partial charge in [-0.2, -0.15) is 0 Å². The van der Waals surface area contributed by atoms with E-state index in [1.807, 2.05) is 0 Å². The van der Waals surface area contributed by atoms with Crippen LogP contribution in [0.5, 0.6) is 0 Å². The Kier molecular flexibility index (Phi) is 2.96. The number of Topliss-reactive ketones (excluding diaryl/α,β-unsaturated/α-hetero) is 1. The van der Waals surface area contributed by atoms with Crippen LogP contribution >= 0.6 is 0 Å². The van der Waals surface area contributed by atoms with Crippen LogP contribution in [0.2, 0.25) is 0 Å². The smallest absolute Gasteiger partial charge is 0.143 e. The number of hydrogen-bond acceptors (Lipinski definition) is 2. The molecule has 3 heteroatoms. The van der Waals surface area contributed by atoms with Crippen LogP contribution in [0.1, 0.15) is 37.9 Å². The summed E-state index contributed by atoms with van der Waals surface area (Å²) in [7, 11) is 0. The van der Waals surface area contributed by atoms with Crippen molar-refractivity contribution in [3.8, 4) is 0 Å². The van der Waals surface area contributed by atoms with Crippen LogP contribution in [0.15, 0.2) is 12.4 Å². The fourth-order valence-electron chi connectivity index (χ4n) is 2.13. The van der Waals surface area contributed by atoms with Crippen LogP contribution in [0.4, 0.5) is 0 Å². The zero-order valence-corrected chi connectivity index (χ0v) is 8.33. The van der Waals surface area contributed by atoms with Gasteiger partial charge in [-0.3, -0.25) is 4.79 Å². The summed E-state index contributed by atoms with van der Waals surface area (Å²) in [5.41, 5.74) is 0. The van der Waals surface area contributed by atoms with Crippen LogP contribution in [0.25, 0.3) is 0 Å². The van der Waals surface area contributed by atoms with Crippen molar-refractivity contribution >= 4 is 5.78 Å². The highest BCUT2D eigenvalue weighted by atomic mass is 16.1. The summed E-state index contributed by atoms with van der Waals surface area (Å²) in [6.45, 7) is 0. The lowest BCUT2D eigenvalue weighted by atomic mass is 9.85. The maximum Gasteiger partial charge on any atom is 0.143 e. The number of rotatable bonds is 3. The van der Waals surface area contributed by atoms with Crippen LogP contribution in [0, 0.1) is 5.92 Å². The van der Waals surface area contributed by atoms with E-state index in [1.165, 1.54) is 19.3 Å². The molecule has 1 fully saturated rings. The standard InChI is InChI=1S/C11H16N2O/c14-10(8-11-12-6-7-13-11)9-4-2-1-3-5-9/h6-7,9H,1-5,8H2,(H,12,13). The predicted octanol–water partition coefficient (Wildman–Crippen LogP) is 2.10. The molecule has 0 spiro atoms. The third-order valence-electron chi connectivity index (χ3n) is 2.96. The fourth-order valence-corrected chi connectivity index (χ4v) is 2.13. The number of H-pyrrole nitrogens is 1. The van der Waals surface area contributed by atoms with Gasteiger partial charge in [0.15, 0.2) is 0 Å². The Morgan fingerprint density at radius 3 is 2.86 bits per heavy atom. The molecule has 1 saturated carbocycles. The van der Waals surface area contributed by atoms with E-state index in [4.69, 9.17) is 0 Å². The summed E-state index contributed by atoms with van der Waals surface area (Å²) < 4.78 is 0. The quantitative estimate of drug-likeness (QED) is 0.797. The molecule has 0 bridgehead atoms. The van der Waals surface area contributed by atoms with Crippen LogP contribution in [-0.2, 0) is 11.2 Å². The first kappa shape index (κ1) is 9.44. The highest BCUT2D eigenvalue weighted by Gasteiger charge is 2.21. The second-order valence-corrected chi connectivity index (χ2v) is 4.01. The summed E-state index contributed by atoms with van der Waals surface area (Å²) in [6.07, 6.45) is 9.84. The van der Waals surface area contributed by atoms with E-state index in [0.717, 1.165) is 18.7 Å². The van der Waals surface area contributed by atoms with E-state index >= 15 is 0 Å². The minimum Gasteiger partial charge on any atom is -0.348 e. The van der Waals surface area contributed by atoms with Gasteiger partial charge < -0.3 is 4.98 Å². The SMILES string of the molecule is O=C(Cc1ncc[nH]1)C1CCCCC1. The average molecular weight is 192 g/mol. The molecule has 1 aromatic heterocycles. The number of hydrogen-bond donors (Lipinski definition) is 1. The number of aromatic amines is 1. The lowest BCUT2D eigenvalue weighted by Gasteiger charge is -2.19. The number of ketones is 1.